The van der Waals surface area contributed by atoms with Gasteiger partial charge in [-0.2, -0.15) is 13.2 Å². The fourth-order valence-corrected chi connectivity index (χ4v) is 4.17. The normalized spacial score (nSPS) is 11.8. The zero-order chi connectivity index (χ0) is 25.0. The number of methoxy groups -OCH3 is 2. The molecule has 0 unspecified atom stereocenters. The Balaban J connectivity index is 1.75. The molecule has 0 aliphatic rings. The van der Waals surface area contributed by atoms with Crippen molar-refractivity contribution < 1.29 is 27.1 Å². The van der Waals surface area contributed by atoms with Gasteiger partial charge in [0.2, 0.25) is 5.55 Å². The summed E-state index contributed by atoms with van der Waals surface area (Å²) in [6, 6.07) is 20.0. The largest absolute Gasteiger partial charge is 0.493 e. The molecule has 4 aromatic rings. The van der Waals surface area contributed by atoms with Crippen LogP contribution in [0.15, 0.2) is 87.2 Å². The summed E-state index contributed by atoms with van der Waals surface area (Å²) >= 11 is 0. The molecule has 0 saturated carbocycles. The molecular formula is C25H23N3O6S. The Kier molecular flexibility index (Phi) is 6.74. The van der Waals surface area contributed by atoms with E-state index in [1.807, 2.05) is 19.1 Å². The highest BCUT2D eigenvalue weighted by Crippen LogP contribution is 2.29. The number of rotatable bonds is 7. The van der Waals surface area contributed by atoms with Gasteiger partial charge in [-0.05, 0) is 42.8 Å². The third kappa shape index (κ3) is 5.12. The van der Waals surface area contributed by atoms with Crippen molar-refractivity contribution in [3.8, 4) is 11.5 Å². The Bertz CT molecular complexity index is 1580. The number of benzene rings is 3. The second-order valence-corrected chi connectivity index (χ2v) is 9.16. The first-order valence-corrected chi connectivity index (χ1v) is 12.0. The van der Waals surface area contributed by atoms with Gasteiger partial charge < -0.3 is 19.2 Å². The van der Waals surface area contributed by atoms with Crippen LogP contribution in [0, 0.1) is 6.92 Å². The first kappa shape index (κ1) is 23.8. The quantitative estimate of drug-likeness (QED) is 0.378. The Morgan fingerprint density at radius 2 is 1.63 bits per heavy atom. The molecular weight excluding hydrogens is 470 g/mol. The maximum Gasteiger partial charge on any atom is 0.276 e. The van der Waals surface area contributed by atoms with Crippen LogP contribution in [0.3, 0.4) is 0 Å². The fourth-order valence-electron chi connectivity index (χ4n) is 3.36. The Labute approximate surface area is 202 Å². The topological polar surface area (TPSA) is 119 Å². The number of nitrogens with one attached hydrogen (secondary N) is 2. The number of carbonyl (C=O) groups is 1. The van der Waals surface area contributed by atoms with E-state index in [0.717, 1.165) is 5.56 Å². The number of nitrogens with zero attached hydrogens (tertiary/aromatic N) is 1. The molecule has 0 bridgehead atoms. The lowest BCUT2D eigenvalue weighted by atomic mass is 10.1. The number of aryl methyl sites for hydroxylation is 1. The first-order chi connectivity index (χ1) is 16.8. The standard InChI is InChI=1S/C25H23N3O6S/c1-16-8-4-6-10-20(16)26-24(29)19-14-17-9-5-7-11-21(17)34-25(19)27-28-35(30,31)18-12-13-22(32-2)23(15-18)33-3/h4-15,28H,1-3H3,(H,26,29). The van der Waals surface area contributed by atoms with Gasteiger partial charge >= 0.3 is 0 Å². The number of hydrogen-bond donors (Lipinski definition) is 2. The lowest BCUT2D eigenvalue weighted by Crippen LogP contribution is -2.27. The van der Waals surface area contributed by atoms with Crippen molar-refractivity contribution in [3.63, 3.8) is 0 Å². The lowest BCUT2D eigenvalue weighted by molar-refractivity contribution is 0.102. The van der Waals surface area contributed by atoms with Gasteiger partial charge in [-0.25, -0.2) is 0 Å². The molecule has 4 rings (SSSR count). The van der Waals surface area contributed by atoms with Crippen molar-refractivity contribution in [1.82, 2.24) is 4.83 Å². The smallest absolute Gasteiger partial charge is 0.276 e. The van der Waals surface area contributed by atoms with E-state index in [-0.39, 0.29) is 21.8 Å². The fraction of sp³-hybridized carbons (Fsp3) is 0.120. The summed E-state index contributed by atoms with van der Waals surface area (Å²) in [4.78, 5) is 15.2. The third-order valence-corrected chi connectivity index (χ3v) is 6.43. The SMILES string of the molecule is COc1ccc(S(=O)(=O)NN=c2oc3ccccc3cc2C(=O)Nc2ccccc2C)cc1OC. The van der Waals surface area contributed by atoms with Gasteiger partial charge in [-0.15, -0.1) is 5.10 Å². The molecule has 0 saturated heterocycles. The number of hydrogen-bond acceptors (Lipinski definition) is 7. The molecule has 1 amide bonds. The predicted molar refractivity (Wildman–Crippen MR) is 131 cm³/mol. The molecule has 0 spiro atoms. The molecule has 3 aromatic carbocycles. The van der Waals surface area contributed by atoms with Crippen molar-refractivity contribution >= 4 is 32.6 Å². The van der Waals surface area contributed by atoms with E-state index in [9.17, 15) is 13.2 Å². The molecule has 9 nitrogen and oxygen atoms in total. The summed E-state index contributed by atoms with van der Waals surface area (Å²) in [5.41, 5.74) is 1.78. The lowest BCUT2D eigenvalue weighted by Gasteiger charge is -2.10. The van der Waals surface area contributed by atoms with Crippen molar-refractivity contribution in [2.24, 2.45) is 5.10 Å². The predicted octanol–water partition coefficient (Wildman–Crippen LogP) is 3.80. The zero-order valence-corrected chi connectivity index (χ0v) is 20.0. The summed E-state index contributed by atoms with van der Waals surface area (Å²) in [7, 11) is -1.27. The van der Waals surface area contributed by atoms with E-state index in [2.05, 4.69) is 15.2 Å². The second kappa shape index (κ2) is 9.90. The molecule has 0 aliphatic heterocycles. The van der Waals surface area contributed by atoms with Crippen LogP contribution in [0.2, 0.25) is 0 Å². The van der Waals surface area contributed by atoms with E-state index < -0.39 is 15.9 Å². The minimum absolute atomic E-state index is 0.0574. The molecule has 1 heterocycles. The number of fused-ring (bicyclic) bond motifs is 1. The van der Waals surface area contributed by atoms with Gasteiger partial charge in [0.15, 0.2) is 11.5 Å². The highest BCUT2D eigenvalue weighted by atomic mass is 32.2. The second-order valence-electron chi connectivity index (χ2n) is 7.50. The number of sulfonamides is 1. The molecule has 0 fully saturated rings. The molecule has 0 radical (unpaired) electrons. The zero-order valence-electron chi connectivity index (χ0n) is 19.2. The van der Waals surface area contributed by atoms with Gasteiger partial charge in [0.1, 0.15) is 11.1 Å². The van der Waals surface area contributed by atoms with Gasteiger partial charge in [0.25, 0.3) is 15.9 Å². The van der Waals surface area contributed by atoms with Gasteiger partial charge in [0.05, 0.1) is 19.1 Å². The van der Waals surface area contributed by atoms with Crippen LogP contribution in [-0.2, 0) is 10.0 Å². The molecule has 0 aliphatic carbocycles. The summed E-state index contributed by atoms with van der Waals surface area (Å²) in [5, 5.41) is 7.43. The Morgan fingerprint density at radius 3 is 2.37 bits per heavy atom. The van der Waals surface area contributed by atoms with Crippen molar-refractivity contribution in [2.75, 3.05) is 19.5 Å². The minimum atomic E-state index is -4.12. The summed E-state index contributed by atoms with van der Waals surface area (Å²) in [5.74, 6) is 0.116. The molecule has 2 N–H and O–H groups in total. The van der Waals surface area contributed by atoms with Crippen LogP contribution in [0.25, 0.3) is 11.0 Å². The van der Waals surface area contributed by atoms with Gasteiger partial charge in [-0.1, -0.05) is 36.4 Å². The van der Waals surface area contributed by atoms with E-state index in [4.69, 9.17) is 13.9 Å². The highest BCUT2D eigenvalue weighted by molar-refractivity contribution is 7.89. The molecule has 180 valence electrons. The van der Waals surface area contributed by atoms with Crippen molar-refractivity contribution in [1.29, 1.82) is 0 Å². The average Bonchev–Trinajstić information content (AvgIpc) is 2.87. The molecule has 35 heavy (non-hydrogen) atoms. The summed E-state index contributed by atoms with van der Waals surface area (Å²) < 4.78 is 41.9. The summed E-state index contributed by atoms with van der Waals surface area (Å²) in [6.07, 6.45) is 0. The maximum atomic E-state index is 13.1. The Morgan fingerprint density at radius 1 is 0.914 bits per heavy atom. The number of carbonyl (C=O) groups excluding carboxylic acids is 1. The van der Waals surface area contributed by atoms with Gasteiger partial charge in [-0.3, -0.25) is 4.79 Å². The monoisotopic (exact) mass is 493 g/mol. The number of ether oxygens (including phenoxy) is 2. The van der Waals surface area contributed by atoms with E-state index >= 15 is 0 Å². The molecule has 0 atom stereocenters. The highest BCUT2D eigenvalue weighted by Gasteiger charge is 2.18. The summed E-state index contributed by atoms with van der Waals surface area (Å²) in [6.45, 7) is 1.86. The number of para-hydroxylation sites is 2. The Hall–Kier alpha value is -4.31. The third-order valence-electron chi connectivity index (χ3n) is 5.23. The molecule has 10 heteroatoms. The minimum Gasteiger partial charge on any atom is -0.493 e. The van der Waals surface area contributed by atoms with E-state index in [1.165, 1.54) is 32.4 Å². The van der Waals surface area contributed by atoms with Crippen LogP contribution in [0.5, 0.6) is 11.5 Å². The van der Waals surface area contributed by atoms with Crippen LogP contribution in [-0.4, -0.2) is 28.5 Å². The van der Waals surface area contributed by atoms with Crippen molar-refractivity contribution in [3.05, 3.63) is 89.5 Å². The van der Waals surface area contributed by atoms with Gasteiger partial charge in [0, 0.05) is 17.1 Å². The van der Waals surface area contributed by atoms with Crippen molar-refractivity contribution in [2.45, 2.75) is 11.8 Å². The average molecular weight is 494 g/mol. The van der Waals surface area contributed by atoms with Crippen LogP contribution >= 0.6 is 0 Å². The van der Waals surface area contributed by atoms with Crippen LogP contribution < -0.4 is 25.2 Å². The van der Waals surface area contributed by atoms with Crippen LogP contribution in [0.4, 0.5) is 5.69 Å². The maximum absolute atomic E-state index is 13.1. The first-order valence-electron chi connectivity index (χ1n) is 10.5. The molecule has 1 aromatic heterocycles. The number of anilines is 1. The van der Waals surface area contributed by atoms with Crippen LogP contribution in [0.1, 0.15) is 15.9 Å². The van der Waals surface area contributed by atoms with E-state index in [1.54, 1.807) is 42.5 Å². The number of amides is 1. The van der Waals surface area contributed by atoms with E-state index in [0.29, 0.717) is 22.4 Å².